The van der Waals surface area contributed by atoms with Crippen LogP contribution in [0.3, 0.4) is 0 Å². The van der Waals surface area contributed by atoms with Gasteiger partial charge in [0.25, 0.3) is 0 Å². The maximum atomic E-state index is 11.7. The Morgan fingerprint density at radius 2 is 1.64 bits per heavy atom. The summed E-state index contributed by atoms with van der Waals surface area (Å²) in [6.07, 6.45) is 5.31. The van der Waals surface area contributed by atoms with E-state index in [9.17, 15) is 4.79 Å². The van der Waals surface area contributed by atoms with E-state index in [1.54, 1.807) is 0 Å². The van der Waals surface area contributed by atoms with Gasteiger partial charge < -0.3 is 14.4 Å². The number of unbranched alkanes of at least 4 members (excludes halogenated alkanes) is 4. The molecule has 1 aromatic rings. The first kappa shape index (κ1) is 21.3. The molecule has 0 bridgehead atoms. The van der Waals surface area contributed by atoms with Crippen LogP contribution in [0.4, 0.5) is 10.5 Å². The molecule has 25 heavy (non-hydrogen) atoms. The van der Waals surface area contributed by atoms with Crippen LogP contribution in [0.1, 0.15) is 52.9 Å². The standard InChI is InChI=1S/C20H34N2O3/c1-4-7-8-9-10-16-25-20(23)21-18-11-13-19(14-12-18)24-17-15-22(5-2)6-3/h11-14H,4-10,15-17H2,1-3H3,(H,21,23). The highest BCUT2D eigenvalue weighted by Gasteiger charge is 2.04. The third kappa shape index (κ3) is 9.97. The normalized spacial score (nSPS) is 10.7. The van der Waals surface area contributed by atoms with Crippen molar-refractivity contribution < 1.29 is 14.3 Å². The second kappa shape index (κ2) is 13.5. The number of carbonyl (C=O) groups excluding carboxylic acids is 1. The van der Waals surface area contributed by atoms with Gasteiger partial charge in [-0.3, -0.25) is 5.32 Å². The van der Waals surface area contributed by atoms with E-state index in [-0.39, 0.29) is 0 Å². The van der Waals surface area contributed by atoms with Crippen LogP contribution < -0.4 is 10.1 Å². The Kier molecular flexibility index (Phi) is 11.5. The van der Waals surface area contributed by atoms with E-state index >= 15 is 0 Å². The van der Waals surface area contributed by atoms with Crippen LogP contribution in [0.2, 0.25) is 0 Å². The topological polar surface area (TPSA) is 50.8 Å². The van der Waals surface area contributed by atoms with Gasteiger partial charge in [0, 0.05) is 12.2 Å². The molecule has 0 radical (unpaired) electrons. The number of anilines is 1. The molecular formula is C20H34N2O3. The molecule has 0 heterocycles. The molecule has 0 aliphatic rings. The summed E-state index contributed by atoms with van der Waals surface area (Å²) in [5.74, 6) is 0.807. The number of benzene rings is 1. The minimum atomic E-state index is -0.398. The maximum absolute atomic E-state index is 11.7. The van der Waals surface area contributed by atoms with E-state index in [0.717, 1.165) is 38.2 Å². The van der Waals surface area contributed by atoms with Crippen LogP contribution >= 0.6 is 0 Å². The van der Waals surface area contributed by atoms with E-state index in [2.05, 4.69) is 31.0 Å². The molecule has 1 N–H and O–H groups in total. The highest BCUT2D eigenvalue weighted by Crippen LogP contribution is 2.16. The lowest BCUT2D eigenvalue weighted by molar-refractivity contribution is 0.159. The summed E-state index contributed by atoms with van der Waals surface area (Å²) in [7, 11) is 0. The van der Waals surface area contributed by atoms with Gasteiger partial charge in [0.1, 0.15) is 12.4 Å². The van der Waals surface area contributed by atoms with E-state index in [0.29, 0.717) is 18.9 Å². The first-order valence-electron chi connectivity index (χ1n) is 9.58. The van der Waals surface area contributed by atoms with Gasteiger partial charge in [0.15, 0.2) is 0 Å². The minimum absolute atomic E-state index is 0.398. The number of hydrogen-bond acceptors (Lipinski definition) is 4. The van der Waals surface area contributed by atoms with Gasteiger partial charge in [0.2, 0.25) is 0 Å². The highest BCUT2D eigenvalue weighted by molar-refractivity contribution is 5.84. The molecule has 0 fully saturated rings. The fourth-order valence-corrected chi connectivity index (χ4v) is 2.49. The predicted molar refractivity (Wildman–Crippen MR) is 103 cm³/mol. The lowest BCUT2D eigenvalue weighted by Gasteiger charge is -2.18. The van der Waals surface area contributed by atoms with Crippen LogP contribution in [0, 0.1) is 0 Å². The van der Waals surface area contributed by atoms with Crippen molar-refractivity contribution in [1.82, 2.24) is 4.90 Å². The summed E-state index contributed by atoms with van der Waals surface area (Å²) in [6, 6.07) is 7.38. The summed E-state index contributed by atoms with van der Waals surface area (Å²) in [6.45, 7) is 10.6. The Balaban J connectivity index is 2.21. The Hall–Kier alpha value is -1.75. The Morgan fingerprint density at radius 3 is 2.28 bits per heavy atom. The number of hydrogen-bond donors (Lipinski definition) is 1. The van der Waals surface area contributed by atoms with Crippen LogP contribution in [0.15, 0.2) is 24.3 Å². The first-order valence-corrected chi connectivity index (χ1v) is 9.58. The van der Waals surface area contributed by atoms with E-state index < -0.39 is 6.09 Å². The van der Waals surface area contributed by atoms with Crippen LogP contribution in [0.25, 0.3) is 0 Å². The average molecular weight is 351 g/mol. The molecule has 0 atom stereocenters. The molecule has 142 valence electrons. The molecule has 0 aliphatic heterocycles. The summed E-state index contributed by atoms with van der Waals surface area (Å²) >= 11 is 0. The molecule has 1 amide bonds. The smallest absolute Gasteiger partial charge is 0.411 e. The lowest BCUT2D eigenvalue weighted by atomic mass is 10.2. The number of amides is 1. The Labute approximate surface area is 152 Å². The average Bonchev–Trinajstić information content (AvgIpc) is 2.63. The first-order chi connectivity index (χ1) is 12.2. The van der Waals surface area contributed by atoms with Gasteiger partial charge in [-0.25, -0.2) is 4.79 Å². The predicted octanol–water partition coefficient (Wildman–Crippen LogP) is 4.93. The third-order valence-electron chi connectivity index (χ3n) is 4.15. The zero-order valence-corrected chi connectivity index (χ0v) is 16.1. The van der Waals surface area contributed by atoms with Crippen molar-refractivity contribution in [3.8, 4) is 5.75 Å². The monoisotopic (exact) mass is 350 g/mol. The zero-order chi connectivity index (χ0) is 18.3. The number of carbonyl (C=O) groups is 1. The van der Waals surface area contributed by atoms with Crippen molar-refractivity contribution in [2.45, 2.75) is 52.9 Å². The molecule has 1 aromatic carbocycles. The second-order valence-corrected chi connectivity index (χ2v) is 6.07. The Morgan fingerprint density at radius 1 is 0.960 bits per heavy atom. The fraction of sp³-hybridized carbons (Fsp3) is 0.650. The Bertz CT molecular complexity index is 459. The van der Waals surface area contributed by atoms with Gasteiger partial charge in [-0.2, -0.15) is 0 Å². The van der Waals surface area contributed by atoms with Crippen molar-refractivity contribution >= 4 is 11.8 Å². The fourth-order valence-electron chi connectivity index (χ4n) is 2.49. The molecule has 0 unspecified atom stereocenters. The maximum Gasteiger partial charge on any atom is 0.411 e. The van der Waals surface area contributed by atoms with E-state index in [1.165, 1.54) is 19.3 Å². The molecule has 0 saturated heterocycles. The van der Waals surface area contributed by atoms with Crippen molar-refractivity contribution in [2.75, 3.05) is 38.2 Å². The minimum Gasteiger partial charge on any atom is -0.492 e. The molecule has 0 spiro atoms. The number of rotatable bonds is 13. The third-order valence-corrected chi connectivity index (χ3v) is 4.15. The van der Waals surface area contributed by atoms with Gasteiger partial charge in [-0.1, -0.05) is 46.5 Å². The largest absolute Gasteiger partial charge is 0.492 e. The summed E-state index contributed by atoms with van der Waals surface area (Å²) in [4.78, 5) is 14.0. The van der Waals surface area contributed by atoms with Crippen molar-refractivity contribution in [3.63, 3.8) is 0 Å². The second-order valence-electron chi connectivity index (χ2n) is 6.07. The SMILES string of the molecule is CCCCCCCOC(=O)Nc1ccc(OCCN(CC)CC)cc1. The van der Waals surface area contributed by atoms with Gasteiger partial charge >= 0.3 is 6.09 Å². The molecule has 5 heteroatoms. The molecule has 0 saturated carbocycles. The molecule has 5 nitrogen and oxygen atoms in total. The van der Waals surface area contributed by atoms with Crippen molar-refractivity contribution in [2.24, 2.45) is 0 Å². The van der Waals surface area contributed by atoms with E-state index in [1.807, 2.05) is 24.3 Å². The van der Waals surface area contributed by atoms with Crippen molar-refractivity contribution in [3.05, 3.63) is 24.3 Å². The molecule has 0 aromatic heterocycles. The van der Waals surface area contributed by atoms with Crippen LogP contribution in [-0.4, -0.2) is 43.8 Å². The number of nitrogens with one attached hydrogen (secondary N) is 1. The molecule has 0 aliphatic carbocycles. The van der Waals surface area contributed by atoms with Crippen LogP contribution in [-0.2, 0) is 4.74 Å². The highest BCUT2D eigenvalue weighted by atomic mass is 16.5. The summed E-state index contributed by atoms with van der Waals surface area (Å²) < 4.78 is 10.9. The summed E-state index contributed by atoms with van der Waals surface area (Å²) in [5, 5.41) is 2.74. The summed E-state index contributed by atoms with van der Waals surface area (Å²) in [5.41, 5.74) is 0.715. The number of likely N-dealkylation sites (N-methyl/N-ethyl adjacent to an activating group) is 1. The lowest BCUT2D eigenvalue weighted by Crippen LogP contribution is -2.27. The van der Waals surface area contributed by atoms with Gasteiger partial charge in [-0.05, 0) is 43.8 Å². The van der Waals surface area contributed by atoms with Gasteiger partial charge in [0.05, 0.1) is 6.61 Å². The molecular weight excluding hydrogens is 316 g/mol. The van der Waals surface area contributed by atoms with E-state index in [4.69, 9.17) is 9.47 Å². The quantitative estimate of drug-likeness (QED) is 0.513. The van der Waals surface area contributed by atoms with Gasteiger partial charge in [-0.15, -0.1) is 0 Å². The number of ether oxygens (including phenoxy) is 2. The zero-order valence-electron chi connectivity index (χ0n) is 16.1. The van der Waals surface area contributed by atoms with Crippen molar-refractivity contribution in [1.29, 1.82) is 0 Å². The van der Waals surface area contributed by atoms with Crippen LogP contribution in [0.5, 0.6) is 5.75 Å². The molecule has 1 rings (SSSR count). The number of nitrogens with zero attached hydrogens (tertiary/aromatic N) is 1.